The number of fused-ring (bicyclic) bond motifs is 7. The number of hydrogen-bond acceptors (Lipinski definition) is 4. The Bertz CT molecular complexity index is 1480. The molecule has 5 unspecified atom stereocenters. The van der Waals surface area contributed by atoms with E-state index in [1.54, 1.807) is 0 Å². The van der Waals surface area contributed by atoms with E-state index in [2.05, 4.69) is 70.1 Å². The summed E-state index contributed by atoms with van der Waals surface area (Å²) < 4.78 is 0. The maximum absolute atomic E-state index is 14.6. The van der Waals surface area contributed by atoms with E-state index in [0.29, 0.717) is 60.7 Å². The molecule has 1 aromatic carbocycles. The Morgan fingerprint density at radius 1 is 0.900 bits per heavy atom. The van der Waals surface area contributed by atoms with Crippen LogP contribution in [-0.4, -0.2) is 48.7 Å². The van der Waals surface area contributed by atoms with Crippen molar-refractivity contribution in [2.75, 3.05) is 19.6 Å². The van der Waals surface area contributed by atoms with Crippen molar-refractivity contribution >= 4 is 11.8 Å². The fourth-order valence-corrected chi connectivity index (χ4v) is 14.1. The van der Waals surface area contributed by atoms with E-state index >= 15 is 0 Å². The van der Waals surface area contributed by atoms with Crippen LogP contribution in [0.3, 0.4) is 0 Å². The molecule has 2 amide bonds. The molecule has 0 radical (unpaired) electrons. The van der Waals surface area contributed by atoms with Crippen LogP contribution in [0.25, 0.3) is 0 Å². The fraction of sp³-hybridized carbons (Fsp3) is 0.773. The highest BCUT2D eigenvalue weighted by Gasteiger charge is 2.71. The third kappa shape index (κ3) is 5.55. The van der Waals surface area contributed by atoms with Gasteiger partial charge in [0.05, 0.1) is 11.5 Å². The van der Waals surface area contributed by atoms with Gasteiger partial charge >= 0.3 is 0 Å². The molecule has 0 bridgehead atoms. The lowest BCUT2D eigenvalue weighted by Crippen LogP contribution is -2.67. The Kier molecular flexibility index (Phi) is 9.44. The Hall–Kier alpha value is -2.18. The zero-order chi connectivity index (χ0) is 35.7. The average Bonchev–Trinajstić information content (AvgIpc) is 3.75. The first-order valence-electron chi connectivity index (χ1n) is 20.4. The largest absolute Gasteiger partial charge is 0.393 e. The standard InChI is InChI=1S/C44H67N3O3/c1-28(2)32-15-21-44(39(50)46-25-18-29-10-8-11-30(26-29)38(49)47-27-31-12-9-24-45-31)23-22-42(6)33(37(32)44)13-14-35-41(5)19-17-36(48)40(3,4)34(41)16-20-43(35,42)7/h8,10-11,26,31-37,45,48H,1,9,12-25,27H2,2-7H3,(H,46,50)(H,47,49)/t31?,32-,33?,34?,35?,36-,37?,41-,42+,43+,44-/m0/s1. The van der Waals surface area contributed by atoms with Gasteiger partial charge in [0.1, 0.15) is 0 Å². The summed E-state index contributed by atoms with van der Waals surface area (Å²) in [6.07, 6.45) is 13.9. The van der Waals surface area contributed by atoms with Gasteiger partial charge in [0.25, 0.3) is 5.91 Å². The summed E-state index contributed by atoms with van der Waals surface area (Å²) in [5, 5.41) is 21.1. The van der Waals surface area contributed by atoms with Gasteiger partial charge in [-0.2, -0.15) is 0 Å². The zero-order valence-electron chi connectivity index (χ0n) is 32.1. The molecule has 276 valence electrons. The Morgan fingerprint density at radius 2 is 1.70 bits per heavy atom. The van der Waals surface area contributed by atoms with Gasteiger partial charge in [0.15, 0.2) is 0 Å². The number of benzene rings is 1. The van der Waals surface area contributed by atoms with Crippen LogP contribution in [0.5, 0.6) is 0 Å². The highest BCUT2D eigenvalue weighted by atomic mass is 16.3. The zero-order valence-corrected chi connectivity index (χ0v) is 32.1. The van der Waals surface area contributed by atoms with Crippen LogP contribution >= 0.6 is 0 Å². The first-order valence-corrected chi connectivity index (χ1v) is 20.4. The smallest absolute Gasteiger partial charge is 0.251 e. The Balaban J connectivity index is 1.07. The molecule has 11 atom stereocenters. The second-order valence-electron chi connectivity index (χ2n) is 19.4. The van der Waals surface area contributed by atoms with E-state index in [0.717, 1.165) is 57.1 Å². The van der Waals surface area contributed by atoms with Crippen LogP contribution in [0, 0.1) is 56.7 Å². The van der Waals surface area contributed by atoms with Crippen molar-refractivity contribution < 1.29 is 14.7 Å². The number of aliphatic hydroxyl groups excluding tert-OH is 1. The number of allylic oxidation sites excluding steroid dienone is 1. The second-order valence-corrected chi connectivity index (χ2v) is 19.4. The Labute approximate surface area is 302 Å². The van der Waals surface area contributed by atoms with Gasteiger partial charge in [-0.3, -0.25) is 9.59 Å². The molecule has 6 heteroatoms. The van der Waals surface area contributed by atoms with E-state index < -0.39 is 0 Å². The topological polar surface area (TPSA) is 90.5 Å². The molecular weight excluding hydrogens is 619 g/mol. The predicted octanol–water partition coefficient (Wildman–Crippen LogP) is 7.85. The van der Waals surface area contributed by atoms with E-state index in [9.17, 15) is 14.7 Å². The highest BCUT2D eigenvalue weighted by molar-refractivity contribution is 5.94. The first kappa shape index (κ1) is 36.2. The summed E-state index contributed by atoms with van der Waals surface area (Å²) in [4.78, 5) is 27.5. The third-order valence-corrected chi connectivity index (χ3v) is 17.1. The summed E-state index contributed by atoms with van der Waals surface area (Å²) in [6.45, 7) is 21.6. The van der Waals surface area contributed by atoms with E-state index in [-0.39, 0.29) is 45.0 Å². The van der Waals surface area contributed by atoms with Crippen molar-refractivity contribution in [1.82, 2.24) is 16.0 Å². The molecule has 0 spiro atoms. The minimum Gasteiger partial charge on any atom is -0.393 e. The molecule has 6 nitrogen and oxygen atoms in total. The number of aliphatic hydroxyl groups is 1. The van der Waals surface area contributed by atoms with Crippen LogP contribution < -0.4 is 16.0 Å². The first-order chi connectivity index (χ1) is 23.7. The molecule has 4 N–H and O–H groups in total. The molecule has 50 heavy (non-hydrogen) atoms. The lowest BCUT2D eigenvalue weighted by Gasteiger charge is -2.72. The third-order valence-electron chi connectivity index (χ3n) is 17.1. The van der Waals surface area contributed by atoms with Gasteiger partial charge < -0.3 is 21.1 Å². The van der Waals surface area contributed by atoms with Crippen LogP contribution in [0.4, 0.5) is 0 Å². The number of hydrogen-bond donors (Lipinski definition) is 4. The lowest BCUT2D eigenvalue weighted by molar-refractivity contribution is -0.246. The van der Waals surface area contributed by atoms with Crippen LogP contribution in [0.15, 0.2) is 36.4 Å². The molecule has 5 saturated carbocycles. The number of nitrogens with one attached hydrogen (secondary N) is 3. The van der Waals surface area contributed by atoms with Crippen molar-refractivity contribution in [3.8, 4) is 0 Å². The van der Waals surface area contributed by atoms with Crippen molar-refractivity contribution in [3.63, 3.8) is 0 Å². The normalized spacial score (nSPS) is 43.1. The summed E-state index contributed by atoms with van der Waals surface area (Å²) in [5.74, 6) is 2.71. The SMILES string of the molecule is C=C(C)[C@@H]1CC[C@]2(C(=O)NCCc3cccc(C(=O)NCC4CCCN4)c3)CC[C@]3(C)C(CCC4[C@@]5(C)CC[C@H](O)C(C)(C)C5CC[C@]43C)C12. The molecule has 1 aromatic rings. The van der Waals surface area contributed by atoms with Gasteiger partial charge in [0, 0.05) is 24.7 Å². The number of amides is 2. The van der Waals surface area contributed by atoms with Crippen molar-refractivity contribution in [2.24, 2.45) is 56.7 Å². The van der Waals surface area contributed by atoms with E-state index in [1.807, 2.05) is 18.2 Å². The maximum Gasteiger partial charge on any atom is 0.251 e. The number of rotatable bonds is 8. The quantitative estimate of drug-likeness (QED) is 0.210. The van der Waals surface area contributed by atoms with Crippen LogP contribution in [0.2, 0.25) is 0 Å². The molecule has 1 heterocycles. The van der Waals surface area contributed by atoms with Gasteiger partial charge in [-0.25, -0.2) is 0 Å². The molecule has 1 aliphatic heterocycles. The minimum absolute atomic E-state index is 0.0240. The summed E-state index contributed by atoms with van der Waals surface area (Å²) >= 11 is 0. The van der Waals surface area contributed by atoms with Crippen molar-refractivity contribution in [2.45, 2.75) is 137 Å². The molecule has 1 saturated heterocycles. The molecular formula is C44H67N3O3. The van der Waals surface area contributed by atoms with E-state index in [1.165, 1.54) is 37.7 Å². The molecule has 5 aliphatic carbocycles. The lowest BCUT2D eigenvalue weighted by atomic mass is 9.32. The Morgan fingerprint density at radius 3 is 2.44 bits per heavy atom. The molecule has 7 rings (SSSR count). The molecule has 6 aliphatic rings. The van der Waals surface area contributed by atoms with Crippen LogP contribution in [0.1, 0.15) is 135 Å². The average molecular weight is 686 g/mol. The monoisotopic (exact) mass is 686 g/mol. The van der Waals surface area contributed by atoms with E-state index in [4.69, 9.17) is 0 Å². The summed E-state index contributed by atoms with van der Waals surface area (Å²) in [6, 6.07) is 8.29. The maximum atomic E-state index is 14.6. The van der Waals surface area contributed by atoms with Crippen molar-refractivity contribution in [1.29, 1.82) is 0 Å². The minimum atomic E-state index is -0.328. The summed E-state index contributed by atoms with van der Waals surface area (Å²) in [7, 11) is 0. The van der Waals surface area contributed by atoms with Gasteiger partial charge in [-0.1, -0.05) is 58.9 Å². The highest BCUT2D eigenvalue weighted by Crippen LogP contribution is 2.77. The van der Waals surface area contributed by atoms with Gasteiger partial charge in [-0.05, 0) is 166 Å². The van der Waals surface area contributed by atoms with Gasteiger partial charge in [-0.15, -0.1) is 0 Å². The second kappa shape index (κ2) is 13.0. The molecule has 6 fully saturated rings. The summed E-state index contributed by atoms with van der Waals surface area (Å²) in [5.41, 5.74) is 3.34. The number of carbonyl (C=O) groups excluding carboxylic acids is 2. The van der Waals surface area contributed by atoms with Gasteiger partial charge in [0.2, 0.25) is 5.91 Å². The van der Waals surface area contributed by atoms with Crippen LogP contribution in [-0.2, 0) is 11.2 Å². The number of carbonyl (C=O) groups is 2. The fourth-order valence-electron chi connectivity index (χ4n) is 14.1. The molecule has 0 aromatic heterocycles. The predicted molar refractivity (Wildman–Crippen MR) is 201 cm³/mol. The van der Waals surface area contributed by atoms with Crippen molar-refractivity contribution in [3.05, 3.63) is 47.5 Å².